The van der Waals surface area contributed by atoms with Crippen LogP contribution in [-0.4, -0.2) is 17.6 Å². The zero-order valence-electron chi connectivity index (χ0n) is 11.8. The van der Waals surface area contributed by atoms with E-state index in [4.69, 9.17) is 11.6 Å². The highest BCUT2D eigenvalue weighted by Crippen LogP contribution is 2.14. The first kappa shape index (κ1) is 15.0. The number of rotatable bonds is 7. The average Bonchev–Trinajstić information content (AvgIpc) is 2.46. The quantitative estimate of drug-likeness (QED) is 0.836. The Balaban J connectivity index is 2.03. The molecule has 1 heterocycles. The maximum absolute atomic E-state index is 6.06. The monoisotopic (exact) mass is 288 g/mol. The molecule has 0 aliphatic rings. The zero-order chi connectivity index (χ0) is 14.2. The molecule has 2 rings (SSSR count). The third-order valence-corrected chi connectivity index (χ3v) is 3.52. The summed E-state index contributed by atoms with van der Waals surface area (Å²) in [7, 11) is 0. The fraction of sp³-hybridized carbons (Fsp3) is 0.353. The molecule has 106 valence electrons. The summed E-state index contributed by atoms with van der Waals surface area (Å²) in [5, 5.41) is 4.43. The first-order chi connectivity index (χ1) is 9.78. The van der Waals surface area contributed by atoms with Crippen molar-refractivity contribution in [3.8, 4) is 0 Å². The Hall–Kier alpha value is -1.38. The van der Waals surface area contributed by atoms with Crippen molar-refractivity contribution >= 4 is 11.6 Å². The molecule has 1 aromatic heterocycles. The van der Waals surface area contributed by atoms with Gasteiger partial charge in [-0.3, -0.25) is 4.98 Å². The van der Waals surface area contributed by atoms with Crippen LogP contribution in [0.25, 0.3) is 0 Å². The Morgan fingerprint density at radius 3 is 2.55 bits per heavy atom. The highest BCUT2D eigenvalue weighted by molar-refractivity contribution is 6.30. The summed E-state index contributed by atoms with van der Waals surface area (Å²) >= 11 is 6.06. The van der Waals surface area contributed by atoms with E-state index in [2.05, 4.69) is 41.5 Å². The molecular formula is C17H21ClN2. The first-order valence-electron chi connectivity index (χ1n) is 7.14. The minimum absolute atomic E-state index is 0.427. The molecule has 20 heavy (non-hydrogen) atoms. The van der Waals surface area contributed by atoms with E-state index in [1.807, 2.05) is 24.5 Å². The molecule has 1 N–H and O–H groups in total. The molecule has 2 nitrogen and oxygen atoms in total. The molecule has 0 fully saturated rings. The molecule has 0 spiro atoms. The standard InChI is InChI=1S/C17H21ClN2/c1-2-8-20-17(12-14-6-9-19-10-7-14)13-15-4-3-5-16(18)11-15/h3-7,9-11,17,20H,2,8,12-13H2,1H3. The third-order valence-electron chi connectivity index (χ3n) is 3.29. The van der Waals surface area contributed by atoms with Crippen molar-refractivity contribution in [3.63, 3.8) is 0 Å². The third kappa shape index (κ3) is 4.95. The van der Waals surface area contributed by atoms with Gasteiger partial charge in [0.15, 0.2) is 0 Å². The smallest absolute Gasteiger partial charge is 0.0408 e. The second-order valence-electron chi connectivity index (χ2n) is 5.04. The molecule has 3 heteroatoms. The number of hydrogen-bond donors (Lipinski definition) is 1. The Morgan fingerprint density at radius 2 is 1.85 bits per heavy atom. The summed E-state index contributed by atoms with van der Waals surface area (Å²) < 4.78 is 0. The summed E-state index contributed by atoms with van der Waals surface area (Å²) in [6.07, 6.45) is 6.84. The Morgan fingerprint density at radius 1 is 1.10 bits per heavy atom. The van der Waals surface area contributed by atoms with Gasteiger partial charge in [0.2, 0.25) is 0 Å². The molecule has 0 saturated carbocycles. The van der Waals surface area contributed by atoms with Crippen LogP contribution in [0.3, 0.4) is 0 Å². The molecule has 0 aliphatic carbocycles. The molecule has 0 amide bonds. The van der Waals surface area contributed by atoms with Gasteiger partial charge < -0.3 is 5.32 Å². The lowest BCUT2D eigenvalue weighted by Crippen LogP contribution is -2.33. The molecule has 0 radical (unpaired) electrons. The van der Waals surface area contributed by atoms with Crippen LogP contribution in [-0.2, 0) is 12.8 Å². The van der Waals surface area contributed by atoms with Gasteiger partial charge in [0.1, 0.15) is 0 Å². The van der Waals surface area contributed by atoms with Crippen LogP contribution < -0.4 is 5.32 Å². The van der Waals surface area contributed by atoms with Gasteiger partial charge in [0.25, 0.3) is 0 Å². The van der Waals surface area contributed by atoms with Crippen molar-refractivity contribution in [1.82, 2.24) is 10.3 Å². The fourth-order valence-electron chi connectivity index (χ4n) is 2.32. The average molecular weight is 289 g/mol. The van der Waals surface area contributed by atoms with Crippen molar-refractivity contribution in [1.29, 1.82) is 0 Å². The zero-order valence-corrected chi connectivity index (χ0v) is 12.6. The summed E-state index contributed by atoms with van der Waals surface area (Å²) in [6, 6.07) is 12.7. The van der Waals surface area contributed by atoms with E-state index in [0.29, 0.717) is 6.04 Å². The van der Waals surface area contributed by atoms with Crippen LogP contribution in [0.15, 0.2) is 48.8 Å². The van der Waals surface area contributed by atoms with E-state index in [1.54, 1.807) is 0 Å². The van der Waals surface area contributed by atoms with Crippen LogP contribution >= 0.6 is 11.6 Å². The van der Waals surface area contributed by atoms with Crippen molar-refractivity contribution < 1.29 is 0 Å². The van der Waals surface area contributed by atoms with E-state index in [9.17, 15) is 0 Å². The maximum atomic E-state index is 6.06. The van der Waals surface area contributed by atoms with Crippen molar-refractivity contribution in [2.45, 2.75) is 32.2 Å². The second-order valence-corrected chi connectivity index (χ2v) is 5.48. The second kappa shape index (κ2) is 8.03. The van der Waals surface area contributed by atoms with E-state index >= 15 is 0 Å². The minimum Gasteiger partial charge on any atom is -0.313 e. The lowest BCUT2D eigenvalue weighted by atomic mass is 9.99. The van der Waals surface area contributed by atoms with E-state index in [-0.39, 0.29) is 0 Å². The van der Waals surface area contributed by atoms with Crippen LogP contribution in [0, 0.1) is 0 Å². The molecule has 1 aromatic carbocycles. The van der Waals surface area contributed by atoms with Crippen molar-refractivity contribution in [2.24, 2.45) is 0 Å². The lowest BCUT2D eigenvalue weighted by molar-refractivity contribution is 0.504. The number of benzene rings is 1. The van der Waals surface area contributed by atoms with E-state index in [0.717, 1.165) is 30.8 Å². The highest BCUT2D eigenvalue weighted by atomic mass is 35.5. The Kier molecular flexibility index (Phi) is 6.03. The number of nitrogens with zero attached hydrogens (tertiary/aromatic N) is 1. The number of hydrogen-bond acceptors (Lipinski definition) is 2. The van der Waals surface area contributed by atoms with Crippen LogP contribution in [0.2, 0.25) is 5.02 Å². The number of nitrogens with one attached hydrogen (secondary N) is 1. The van der Waals surface area contributed by atoms with Crippen LogP contribution in [0.4, 0.5) is 0 Å². The molecule has 1 atom stereocenters. The van der Waals surface area contributed by atoms with Crippen molar-refractivity contribution in [3.05, 3.63) is 64.9 Å². The van der Waals surface area contributed by atoms with E-state index in [1.165, 1.54) is 11.1 Å². The van der Waals surface area contributed by atoms with Crippen LogP contribution in [0.1, 0.15) is 24.5 Å². The van der Waals surface area contributed by atoms with Crippen LogP contribution in [0.5, 0.6) is 0 Å². The molecule has 0 aliphatic heterocycles. The van der Waals surface area contributed by atoms with Gasteiger partial charge >= 0.3 is 0 Å². The summed E-state index contributed by atoms with van der Waals surface area (Å²) in [4.78, 5) is 4.07. The van der Waals surface area contributed by atoms with Gasteiger partial charge in [-0.15, -0.1) is 0 Å². The molecule has 2 aromatic rings. The van der Waals surface area contributed by atoms with Gasteiger partial charge in [0.05, 0.1) is 0 Å². The highest BCUT2D eigenvalue weighted by Gasteiger charge is 2.10. The fourth-order valence-corrected chi connectivity index (χ4v) is 2.53. The largest absolute Gasteiger partial charge is 0.313 e. The lowest BCUT2D eigenvalue weighted by Gasteiger charge is -2.19. The number of halogens is 1. The normalized spacial score (nSPS) is 12.3. The predicted octanol–water partition coefficient (Wildman–Crippen LogP) is 3.89. The molecule has 1 unspecified atom stereocenters. The van der Waals surface area contributed by atoms with Gasteiger partial charge in [0, 0.05) is 23.5 Å². The first-order valence-corrected chi connectivity index (χ1v) is 7.52. The summed E-state index contributed by atoms with van der Waals surface area (Å²) in [5.74, 6) is 0. The minimum atomic E-state index is 0.427. The maximum Gasteiger partial charge on any atom is 0.0408 e. The molecular weight excluding hydrogens is 268 g/mol. The topological polar surface area (TPSA) is 24.9 Å². The number of aromatic nitrogens is 1. The van der Waals surface area contributed by atoms with Gasteiger partial charge in [-0.2, -0.15) is 0 Å². The Bertz CT molecular complexity index is 513. The van der Waals surface area contributed by atoms with Gasteiger partial charge in [-0.05, 0) is 61.2 Å². The predicted molar refractivity (Wildman–Crippen MR) is 85.2 cm³/mol. The molecule has 0 saturated heterocycles. The SMILES string of the molecule is CCCNC(Cc1ccncc1)Cc1cccc(Cl)c1. The van der Waals surface area contributed by atoms with E-state index < -0.39 is 0 Å². The summed E-state index contributed by atoms with van der Waals surface area (Å²) in [6.45, 7) is 3.23. The Labute approximate surface area is 126 Å². The van der Waals surface area contributed by atoms with Gasteiger partial charge in [-0.25, -0.2) is 0 Å². The summed E-state index contributed by atoms with van der Waals surface area (Å²) in [5.41, 5.74) is 2.59. The number of pyridine rings is 1. The molecule has 0 bridgehead atoms. The van der Waals surface area contributed by atoms with Crippen molar-refractivity contribution in [2.75, 3.05) is 6.54 Å². The van der Waals surface area contributed by atoms with Gasteiger partial charge in [-0.1, -0.05) is 30.7 Å².